The van der Waals surface area contributed by atoms with Crippen molar-refractivity contribution in [2.45, 2.75) is 59.3 Å². The van der Waals surface area contributed by atoms with Crippen LogP contribution in [-0.2, 0) is 12.8 Å². The number of aryl methyl sites for hydroxylation is 2. The molecule has 0 spiro atoms. The Morgan fingerprint density at radius 2 is 1.88 bits per heavy atom. The third-order valence-electron chi connectivity index (χ3n) is 7.37. The molecule has 2 aliphatic rings. The van der Waals surface area contributed by atoms with Crippen LogP contribution < -0.4 is 4.90 Å². The number of thiophene rings is 1. The predicted octanol–water partition coefficient (Wildman–Crippen LogP) is 5.60. The monoisotopic (exact) mass is 462 g/mol. The summed E-state index contributed by atoms with van der Waals surface area (Å²) >= 11 is 1.89. The van der Waals surface area contributed by atoms with Gasteiger partial charge in [-0.05, 0) is 56.2 Å². The van der Waals surface area contributed by atoms with Gasteiger partial charge in [0.2, 0.25) is 0 Å². The van der Waals surface area contributed by atoms with E-state index < -0.39 is 0 Å². The van der Waals surface area contributed by atoms with E-state index in [0.717, 1.165) is 73.4 Å². The summed E-state index contributed by atoms with van der Waals surface area (Å²) in [6.07, 6.45) is 4.56. The highest BCUT2D eigenvalue weighted by Gasteiger charge is 2.29. The second kappa shape index (κ2) is 9.05. The van der Waals surface area contributed by atoms with Crippen molar-refractivity contribution in [1.82, 2.24) is 14.9 Å². The molecule has 1 fully saturated rings. The Hall–Kier alpha value is -2.47. The van der Waals surface area contributed by atoms with Crippen LogP contribution in [0.15, 0.2) is 24.3 Å². The van der Waals surface area contributed by atoms with Crippen LogP contribution in [0.25, 0.3) is 10.2 Å². The summed E-state index contributed by atoms with van der Waals surface area (Å²) in [6.45, 7) is 11.9. The van der Waals surface area contributed by atoms with Gasteiger partial charge in [0.1, 0.15) is 16.5 Å². The molecule has 0 radical (unpaired) electrons. The zero-order valence-electron chi connectivity index (χ0n) is 20.2. The number of hydrogen-bond donors (Lipinski definition) is 0. The fourth-order valence-electron chi connectivity index (χ4n) is 4.97. The van der Waals surface area contributed by atoms with Crippen LogP contribution in [0.5, 0.6) is 0 Å². The summed E-state index contributed by atoms with van der Waals surface area (Å²) in [5.41, 5.74) is 3.44. The number of piperazine rings is 1. The number of hydrogen-bond acceptors (Lipinski definition) is 5. The Balaban J connectivity index is 1.44. The van der Waals surface area contributed by atoms with Gasteiger partial charge in [-0.15, -0.1) is 11.3 Å². The van der Waals surface area contributed by atoms with Crippen LogP contribution in [0.2, 0.25) is 0 Å². The molecule has 1 saturated heterocycles. The average Bonchev–Trinajstić information content (AvgIpc) is 3.20. The van der Waals surface area contributed by atoms with Gasteiger partial charge in [-0.25, -0.2) is 9.97 Å². The normalized spacial score (nSPS) is 19.6. The second-order valence-electron chi connectivity index (χ2n) is 9.89. The molecule has 5 rings (SSSR count). The zero-order chi connectivity index (χ0) is 23.1. The van der Waals surface area contributed by atoms with E-state index in [1.165, 1.54) is 27.8 Å². The summed E-state index contributed by atoms with van der Waals surface area (Å²) in [4.78, 5) is 30.3. The minimum Gasteiger partial charge on any atom is -0.352 e. The highest BCUT2D eigenvalue weighted by Crippen LogP contribution is 2.42. The van der Waals surface area contributed by atoms with Crippen molar-refractivity contribution < 1.29 is 4.79 Å². The molecule has 5 nitrogen and oxygen atoms in total. The highest BCUT2D eigenvalue weighted by molar-refractivity contribution is 7.19. The molecule has 0 saturated carbocycles. The summed E-state index contributed by atoms with van der Waals surface area (Å²) in [7, 11) is 0. The molecular weight excluding hydrogens is 428 g/mol. The van der Waals surface area contributed by atoms with E-state index in [-0.39, 0.29) is 5.91 Å². The van der Waals surface area contributed by atoms with Gasteiger partial charge in [0.15, 0.2) is 0 Å². The van der Waals surface area contributed by atoms with E-state index in [9.17, 15) is 4.79 Å². The van der Waals surface area contributed by atoms with Crippen LogP contribution in [0.1, 0.15) is 71.7 Å². The van der Waals surface area contributed by atoms with E-state index in [4.69, 9.17) is 9.97 Å². The molecule has 6 heteroatoms. The first-order valence-corrected chi connectivity index (χ1v) is 13.2. The summed E-state index contributed by atoms with van der Waals surface area (Å²) in [5.74, 6) is 3.28. The van der Waals surface area contributed by atoms with Crippen molar-refractivity contribution in [3.8, 4) is 0 Å². The smallest absolute Gasteiger partial charge is 0.253 e. The lowest BCUT2D eigenvalue weighted by atomic mass is 9.89. The maximum atomic E-state index is 13.0. The van der Waals surface area contributed by atoms with Gasteiger partial charge in [-0.3, -0.25) is 4.79 Å². The van der Waals surface area contributed by atoms with Gasteiger partial charge < -0.3 is 9.80 Å². The van der Waals surface area contributed by atoms with Gasteiger partial charge in [0.05, 0.1) is 5.39 Å². The number of carbonyl (C=O) groups is 1. The summed E-state index contributed by atoms with van der Waals surface area (Å²) < 4.78 is 0. The standard InChI is InChI=1S/C27H34N4OS/c1-5-19(4)24-28-25(23-21-11-8-18(3)16-22(21)33-26(23)29-24)30-12-14-31(15-13-30)27(32)20-9-6-17(2)7-10-20/h6-7,9-10,18-19H,5,8,11-16H2,1-4H3/t18-,19+/m1/s1. The van der Waals surface area contributed by atoms with Crippen molar-refractivity contribution in [1.29, 1.82) is 0 Å². The van der Waals surface area contributed by atoms with Gasteiger partial charge in [-0.2, -0.15) is 0 Å². The molecule has 0 N–H and O–H groups in total. The second-order valence-corrected chi connectivity index (χ2v) is 11.0. The fraction of sp³-hybridized carbons (Fsp3) is 0.519. The van der Waals surface area contributed by atoms with E-state index in [1.54, 1.807) is 0 Å². The Morgan fingerprint density at radius 1 is 1.15 bits per heavy atom. The first kappa shape index (κ1) is 22.3. The molecule has 2 aromatic heterocycles. The predicted molar refractivity (Wildman–Crippen MR) is 137 cm³/mol. The van der Waals surface area contributed by atoms with Gasteiger partial charge in [-0.1, -0.05) is 38.5 Å². The fourth-order valence-corrected chi connectivity index (χ4v) is 6.36. The van der Waals surface area contributed by atoms with Crippen LogP contribution in [0.3, 0.4) is 0 Å². The van der Waals surface area contributed by atoms with E-state index in [0.29, 0.717) is 5.92 Å². The van der Waals surface area contributed by atoms with E-state index >= 15 is 0 Å². The number of benzene rings is 1. The minimum atomic E-state index is 0.129. The molecule has 33 heavy (non-hydrogen) atoms. The molecule has 1 aromatic carbocycles. The van der Waals surface area contributed by atoms with E-state index in [2.05, 4.69) is 25.7 Å². The molecule has 2 atom stereocenters. The van der Waals surface area contributed by atoms with Crippen LogP contribution >= 0.6 is 11.3 Å². The molecule has 0 unspecified atom stereocenters. The lowest BCUT2D eigenvalue weighted by Gasteiger charge is -2.36. The lowest BCUT2D eigenvalue weighted by molar-refractivity contribution is 0.0746. The van der Waals surface area contributed by atoms with Crippen molar-refractivity contribution in [2.24, 2.45) is 5.92 Å². The molecule has 1 aliphatic heterocycles. The maximum Gasteiger partial charge on any atom is 0.253 e. The topological polar surface area (TPSA) is 49.3 Å². The largest absolute Gasteiger partial charge is 0.352 e. The maximum absolute atomic E-state index is 13.0. The molecule has 1 aliphatic carbocycles. The third kappa shape index (κ3) is 4.25. The van der Waals surface area contributed by atoms with Gasteiger partial charge >= 0.3 is 0 Å². The van der Waals surface area contributed by atoms with Crippen molar-refractivity contribution in [3.63, 3.8) is 0 Å². The van der Waals surface area contributed by atoms with Crippen molar-refractivity contribution >= 4 is 33.3 Å². The molecule has 3 aromatic rings. The number of anilines is 1. The highest BCUT2D eigenvalue weighted by atomic mass is 32.1. The number of rotatable bonds is 4. The Kier molecular flexibility index (Phi) is 6.12. The average molecular weight is 463 g/mol. The Bertz CT molecular complexity index is 1160. The Labute approximate surface area is 200 Å². The van der Waals surface area contributed by atoms with Crippen molar-refractivity contribution in [3.05, 3.63) is 51.7 Å². The number of nitrogens with zero attached hydrogens (tertiary/aromatic N) is 4. The SMILES string of the molecule is CC[C@H](C)c1nc(N2CCN(C(=O)c3ccc(C)cc3)CC2)c2c3c(sc2n1)C[C@H](C)CC3. The minimum absolute atomic E-state index is 0.129. The summed E-state index contributed by atoms with van der Waals surface area (Å²) in [5, 5.41) is 1.28. The summed E-state index contributed by atoms with van der Waals surface area (Å²) in [6, 6.07) is 7.90. The number of fused-ring (bicyclic) bond motifs is 3. The first-order chi connectivity index (χ1) is 15.9. The molecule has 174 valence electrons. The molecule has 0 bridgehead atoms. The quantitative estimate of drug-likeness (QED) is 0.506. The number of carbonyl (C=O) groups excluding carboxylic acids is 1. The molecular formula is C27H34N4OS. The van der Waals surface area contributed by atoms with Crippen molar-refractivity contribution in [2.75, 3.05) is 31.1 Å². The number of amides is 1. The van der Waals surface area contributed by atoms with Gasteiger partial charge in [0.25, 0.3) is 5.91 Å². The molecule has 1 amide bonds. The Morgan fingerprint density at radius 3 is 2.58 bits per heavy atom. The lowest BCUT2D eigenvalue weighted by Crippen LogP contribution is -2.49. The van der Waals surface area contributed by atoms with Gasteiger partial charge in [0, 0.05) is 42.5 Å². The van der Waals surface area contributed by atoms with E-state index in [1.807, 2.05) is 47.4 Å². The van der Waals surface area contributed by atoms with Crippen LogP contribution in [0, 0.1) is 12.8 Å². The van der Waals surface area contributed by atoms with Crippen LogP contribution in [0.4, 0.5) is 5.82 Å². The molecule has 3 heterocycles. The van der Waals surface area contributed by atoms with Crippen LogP contribution in [-0.4, -0.2) is 47.0 Å². The first-order valence-electron chi connectivity index (χ1n) is 12.4. The zero-order valence-corrected chi connectivity index (χ0v) is 21.0. The number of aromatic nitrogens is 2. The third-order valence-corrected chi connectivity index (χ3v) is 8.52.